The third kappa shape index (κ3) is 2.95. The zero-order valence-corrected chi connectivity index (χ0v) is 10.9. The number of hydrogen-bond donors (Lipinski definition) is 2. The number of carbonyl (C=O) groups excluding carboxylic acids is 1. The summed E-state index contributed by atoms with van der Waals surface area (Å²) in [6.45, 7) is 10.1. The Bertz CT molecular complexity index is 273. The lowest BCUT2D eigenvalue weighted by atomic mass is 9.79. The van der Waals surface area contributed by atoms with E-state index in [0.717, 1.165) is 25.9 Å². The molecule has 4 N–H and O–H groups in total. The van der Waals surface area contributed by atoms with E-state index < -0.39 is 5.41 Å². The Labute approximate surface area is 98.3 Å². The van der Waals surface area contributed by atoms with E-state index in [9.17, 15) is 4.79 Å². The maximum absolute atomic E-state index is 11.4. The van der Waals surface area contributed by atoms with Crippen molar-refractivity contribution < 1.29 is 4.79 Å². The van der Waals surface area contributed by atoms with Crippen LogP contribution >= 0.6 is 0 Å². The van der Waals surface area contributed by atoms with E-state index in [2.05, 4.69) is 18.7 Å². The molecule has 1 rings (SSSR count). The van der Waals surface area contributed by atoms with Crippen LogP contribution in [0, 0.1) is 5.41 Å². The first-order valence-electron chi connectivity index (χ1n) is 5.96. The van der Waals surface area contributed by atoms with Crippen LogP contribution in [-0.2, 0) is 4.79 Å². The van der Waals surface area contributed by atoms with E-state index >= 15 is 0 Å². The van der Waals surface area contributed by atoms with Crippen LogP contribution in [0.1, 0.15) is 40.5 Å². The van der Waals surface area contributed by atoms with Gasteiger partial charge in [0.15, 0.2) is 0 Å². The summed E-state index contributed by atoms with van der Waals surface area (Å²) in [6.07, 6.45) is 1.81. The van der Waals surface area contributed by atoms with Crippen LogP contribution in [0.15, 0.2) is 0 Å². The standard InChI is InChI=1S/C12H25N3O/c1-11(2,10(14)16)8-12(3,4)15-6-5-9(13)7-15/h9H,5-8,13H2,1-4H3,(H2,14,16). The molecule has 0 spiro atoms. The van der Waals surface area contributed by atoms with Gasteiger partial charge in [-0.25, -0.2) is 0 Å². The highest BCUT2D eigenvalue weighted by Gasteiger charge is 2.38. The molecule has 0 bridgehead atoms. The lowest BCUT2D eigenvalue weighted by molar-refractivity contribution is -0.127. The summed E-state index contributed by atoms with van der Waals surface area (Å²) < 4.78 is 0. The summed E-state index contributed by atoms with van der Waals surface area (Å²) in [5.74, 6) is -0.232. The number of likely N-dealkylation sites (tertiary alicyclic amines) is 1. The smallest absolute Gasteiger partial charge is 0.223 e. The van der Waals surface area contributed by atoms with Gasteiger partial charge < -0.3 is 11.5 Å². The normalized spacial score (nSPS) is 23.7. The monoisotopic (exact) mass is 227 g/mol. The lowest BCUT2D eigenvalue weighted by Gasteiger charge is -2.40. The van der Waals surface area contributed by atoms with Gasteiger partial charge in [0.2, 0.25) is 5.91 Å². The highest BCUT2D eigenvalue weighted by Crippen LogP contribution is 2.33. The second-order valence-corrected chi connectivity index (χ2v) is 6.23. The highest BCUT2D eigenvalue weighted by molar-refractivity contribution is 5.80. The number of nitrogens with zero attached hydrogens (tertiary/aromatic N) is 1. The van der Waals surface area contributed by atoms with E-state index in [0.29, 0.717) is 0 Å². The lowest BCUT2D eigenvalue weighted by Crippen LogP contribution is -2.48. The first kappa shape index (κ1) is 13.5. The molecule has 1 unspecified atom stereocenters. The summed E-state index contributed by atoms with van der Waals surface area (Å²) >= 11 is 0. The summed E-state index contributed by atoms with van der Waals surface area (Å²) in [5, 5.41) is 0. The molecule has 0 aromatic heterocycles. The summed E-state index contributed by atoms with van der Waals surface area (Å²) in [7, 11) is 0. The molecule has 4 nitrogen and oxygen atoms in total. The molecule has 94 valence electrons. The van der Waals surface area contributed by atoms with Crippen LogP contribution in [0.25, 0.3) is 0 Å². The van der Waals surface area contributed by atoms with Crippen LogP contribution in [0.2, 0.25) is 0 Å². The zero-order chi connectivity index (χ0) is 12.6. The van der Waals surface area contributed by atoms with Crippen molar-refractivity contribution in [3.05, 3.63) is 0 Å². The molecule has 0 radical (unpaired) electrons. The number of hydrogen-bond acceptors (Lipinski definition) is 3. The maximum atomic E-state index is 11.4. The van der Waals surface area contributed by atoms with Crippen LogP contribution in [0.3, 0.4) is 0 Å². The summed E-state index contributed by atoms with van der Waals surface area (Å²) in [5.41, 5.74) is 10.9. The Morgan fingerprint density at radius 3 is 2.31 bits per heavy atom. The summed E-state index contributed by atoms with van der Waals surface area (Å²) in [6, 6.07) is 0.274. The Balaban J connectivity index is 2.67. The van der Waals surface area contributed by atoms with Gasteiger partial charge >= 0.3 is 0 Å². The molecule has 0 aliphatic carbocycles. The molecular formula is C12H25N3O. The van der Waals surface area contributed by atoms with Crippen molar-refractivity contribution in [1.82, 2.24) is 4.90 Å². The van der Waals surface area contributed by atoms with Crippen molar-refractivity contribution >= 4 is 5.91 Å². The van der Waals surface area contributed by atoms with Crippen molar-refractivity contribution in [3.63, 3.8) is 0 Å². The molecule has 1 atom stereocenters. The Kier molecular flexibility index (Phi) is 3.65. The SMILES string of the molecule is CC(C)(CC(C)(C)N1CCC(N)C1)C(N)=O. The Morgan fingerprint density at radius 2 is 1.94 bits per heavy atom. The molecule has 0 aromatic rings. The first-order chi connectivity index (χ1) is 7.15. The van der Waals surface area contributed by atoms with Crippen molar-refractivity contribution in [2.45, 2.75) is 52.1 Å². The van der Waals surface area contributed by atoms with Gasteiger partial charge in [-0.3, -0.25) is 9.69 Å². The Hall–Kier alpha value is -0.610. The first-order valence-corrected chi connectivity index (χ1v) is 5.96. The topological polar surface area (TPSA) is 72.3 Å². The fourth-order valence-electron chi connectivity index (χ4n) is 2.62. The van der Waals surface area contributed by atoms with Gasteiger partial charge in [-0.2, -0.15) is 0 Å². The van der Waals surface area contributed by atoms with Crippen LogP contribution in [0.4, 0.5) is 0 Å². The van der Waals surface area contributed by atoms with Crippen molar-refractivity contribution in [3.8, 4) is 0 Å². The minimum Gasteiger partial charge on any atom is -0.369 e. The maximum Gasteiger partial charge on any atom is 0.223 e. The van der Waals surface area contributed by atoms with Crippen LogP contribution < -0.4 is 11.5 Å². The van der Waals surface area contributed by atoms with E-state index in [4.69, 9.17) is 11.5 Å². The summed E-state index contributed by atoms with van der Waals surface area (Å²) in [4.78, 5) is 13.7. The number of rotatable bonds is 4. The van der Waals surface area contributed by atoms with Crippen LogP contribution in [-0.4, -0.2) is 35.5 Å². The fraction of sp³-hybridized carbons (Fsp3) is 0.917. The minimum absolute atomic E-state index is 0.0212. The van der Waals surface area contributed by atoms with Crippen LogP contribution in [0.5, 0.6) is 0 Å². The van der Waals surface area contributed by atoms with E-state index in [1.165, 1.54) is 0 Å². The number of nitrogens with two attached hydrogens (primary N) is 2. The predicted octanol–water partition coefficient (Wildman–Crippen LogP) is 0.700. The number of primary amides is 1. The van der Waals surface area contributed by atoms with Gasteiger partial charge in [0.05, 0.1) is 0 Å². The fourth-order valence-corrected chi connectivity index (χ4v) is 2.62. The van der Waals surface area contributed by atoms with Gasteiger partial charge in [0.25, 0.3) is 0 Å². The molecule has 1 aliphatic heterocycles. The molecule has 1 fully saturated rings. The van der Waals surface area contributed by atoms with E-state index in [1.54, 1.807) is 0 Å². The van der Waals surface area contributed by atoms with E-state index in [-0.39, 0.29) is 17.5 Å². The second kappa shape index (κ2) is 4.34. The van der Waals surface area contributed by atoms with Gasteiger partial charge in [0.1, 0.15) is 0 Å². The Morgan fingerprint density at radius 1 is 1.38 bits per heavy atom. The third-order valence-corrected chi connectivity index (χ3v) is 3.62. The third-order valence-electron chi connectivity index (χ3n) is 3.62. The molecule has 0 aromatic carbocycles. The van der Waals surface area contributed by atoms with Crippen molar-refractivity contribution in [1.29, 1.82) is 0 Å². The molecule has 1 aliphatic rings. The molecule has 1 amide bonds. The zero-order valence-electron chi connectivity index (χ0n) is 10.9. The van der Waals surface area contributed by atoms with Gasteiger partial charge in [-0.05, 0) is 26.7 Å². The minimum atomic E-state index is -0.462. The molecule has 1 heterocycles. The average Bonchev–Trinajstić information content (AvgIpc) is 2.50. The predicted molar refractivity (Wildman–Crippen MR) is 65.8 cm³/mol. The van der Waals surface area contributed by atoms with Gasteiger partial charge in [-0.1, -0.05) is 13.8 Å². The van der Waals surface area contributed by atoms with Crippen molar-refractivity contribution in [2.75, 3.05) is 13.1 Å². The average molecular weight is 227 g/mol. The number of carbonyl (C=O) groups is 1. The molecule has 4 heteroatoms. The second-order valence-electron chi connectivity index (χ2n) is 6.23. The largest absolute Gasteiger partial charge is 0.369 e. The quantitative estimate of drug-likeness (QED) is 0.742. The highest BCUT2D eigenvalue weighted by atomic mass is 16.1. The molecular weight excluding hydrogens is 202 g/mol. The van der Waals surface area contributed by atoms with Crippen molar-refractivity contribution in [2.24, 2.45) is 16.9 Å². The molecule has 1 saturated heterocycles. The van der Waals surface area contributed by atoms with Gasteiger partial charge in [0, 0.05) is 30.1 Å². The molecule has 0 saturated carbocycles. The van der Waals surface area contributed by atoms with E-state index in [1.807, 2.05) is 13.8 Å². The number of amides is 1. The van der Waals surface area contributed by atoms with Gasteiger partial charge in [-0.15, -0.1) is 0 Å². The molecule has 16 heavy (non-hydrogen) atoms.